The summed E-state index contributed by atoms with van der Waals surface area (Å²) in [6.07, 6.45) is 7.72. The van der Waals surface area contributed by atoms with E-state index in [9.17, 15) is 0 Å². The molecule has 1 unspecified atom stereocenters. The SMILES string of the molecule is COc1cc(OCC2CCCN(c3ncc(C)cn3)C2)c2cc(-c3cn4nc(OC)sc4n3)oc2c1. The Bertz CT molecular complexity index is 1480. The zero-order valence-corrected chi connectivity index (χ0v) is 21.1. The first-order valence-electron chi connectivity index (χ1n) is 11.8. The Kier molecular flexibility index (Phi) is 5.84. The van der Waals surface area contributed by atoms with Crippen LogP contribution in [-0.2, 0) is 0 Å². The maximum absolute atomic E-state index is 6.37. The second kappa shape index (κ2) is 9.30. The first-order valence-corrected chi connectivity index (χ1v) is 12.6. The average molecular weight is 507 g/mol. The molecule has 0 saturated carbocycles. The Morgan fingerprint density at radius 1 is 1.14 bits per heavy atom. The van der Waals surface area contributed by atoms with Crippen LogP contribution in [0, 0.1) is 12.8 Å². The molecule has 1 atom stereocenters. The average Bonchev–Trinajstić information content (AvgIpc) is 3.60. The van der Waals surface area contributed by atoms with Gasteiger partial charge in [-0.2, -0.15) is 0 Å². The molecular weight excluding hydrogens is 480 g/mol. The number of aryl methyl sites for hydroxylation is 1. The van der Waals surface area contributed by atoms with E-state index in [0.717, 1.165) is 53.5 Å². The second-order valence-corrected chi connectivity index (χ2v) is 9.82. The number of piperidine rings is 1. The molecule has 0 bridgehead atoms. The molecule has 6 rings (SSSR count). The smallest absolute Gasteiger partial charge is 0.294 e. The van der Waals surface area contributed by atoms with Crippen LogP contribution in [0.3, 0.4) is 0 Å². The van der Waals surface area contributed by atoms with Gasteiger partial charge >= 0.3 is 0 Å². The monoisotopic (exact) mass is 506 g/mol. The molecule has 36 heavy (non-hydrogen) atoms. The van der Waals surface area contributed by atoms with E-state index in [4.69, 9.17) is 18.6 Å². The molecule has 1 aromatic carbocycles. The molecule has 11 heteroatoms. The normalized spacial score (nSPS) is 16.1. The van der Waals surface area contributed by atoms with Crippen LogP contribution in [0.15, 0.2) is 41.2 Å². The highest BCUT2D eigenvalue weighted by Gasteiger charge is 2.23. The summed E-state index contributed by atoms with van der Waals surface area (Å²) >= 11 is 1.37. The highest BCUT2D eigenvalue weighted by molar-refractivity contribution is 7.18. The van der Waals surface area contributed by atoms with Crippen molar-refractivity contribution in [3.8, 4) is 28.1 Å². The molecule has 0 amide bonds. The van der Waals surface area contributed by atoms with Crippen molar-refractivity contribution in [3.63, 3.8) is 0 Å². The van der Waals surface area contributed by atoms with Gasteiger partial charge in [-0.1, -0.05) is 0 Å². The van der Waals surface area contributed by atoms with Crippen LogP contribution in [0.5, 0.6) is 16.7 Å². The van der Waals surface area contributed by atoms with Crippen LogP contribution in [0.1, 0.15) is 18.4 Å². The summed E-state index contributed by atoms with van der Waals surface area (Å²) in [5, 5.41) is 5.78. The van der Waals surface area contributed by atoms with Gasteiger partial charge in [0.15, 0.2) is 5.76 Å². The lowest BCUT2D eigenvalue weighted by molar-refractivity contribution is 0.229. The van der Waals surface area contributed by atoms with E-state index in [1.54, 1.807) is 18.7 Å². The van der Waals surface area contributed by atoms with Gasteiger partial charge in [-0.3, -0.25) is 0 Å². The molecule has 5 aromatic rings. The predicted molar refractivity (Wildman–Crippen MR) is 136 cm³/mol. The van der Waals surface area contributed by atoms with E-state index in [1.807, 2.05) is 43.7 Å². The van der Waals surface area contributed by atoms with Gasteiger partial charge in [0.25, 0.3) is 5.19 Å². The number of fused-ring (bicyclic) bond motifs is 2. The van der Waals surface area contributed by atoms with Gasteiger partial charge in [-0.25, -0.2) is 19.5 Å². The van der Waals surface area contributed by atoms with Gasteiger partial charge in [-0.15, -0.1) is 5.10 Å². The number of hydrogen-bond acceptors (Lipinski definition) is 10. The fraction of sp³-hybridized carbons (Fsp3) is 0.360. The third kappa shape index (κ3) is 4.30. The van der Waals surface area contributed by atoms with Crippen molar-refractivity contribution >= 4 is 33.2 Å². The first-order chi connectivity index (χ1) is 17.6. The lowest BCUT2D eigenvalue weighted by Crippen LogP contribution is -2.38. The van der Waals surface area contributed by atoms with Crippen LogP contribution in [0.2, 0.25) is 0 Å². The maximum atomic E-state index is 6.37. The fourth-order valence-corrected chi connectivity index (χ4v) is 5.17. The highest BCUT2D eigenvalue weighted by Crippen LogP contribution is 2.37. The summed E-state index contributed by atoms with van der Waals surface area (Å²) in [7, 11) is 3.23. The van der Waals surface area contributed by atoms with Gasteiger partial charge in [0.05, 0.1) is 32.4 Å². The standard InChI is InChI=1S/C25H26N6O4S/c1-15-10-26-23(27-11-15)30-6-4-5-16(12-30)14-34-20-7-17(32-2)8-21-18(20)9-22(35-21)19-13-31-24(28-19)36-25(29-31)33-3/h7-11,13,16H,4-6,12,14H2,1-3H3. The number of furan rings is 1. The predicted octanol–water partition coefficient (Wildman–Crippen LogP) is 4.62. The number of aromatic nitrogens is 5. The molecule has 1 fully saturated rings. The Hall–Kier alpha value is -3.86. The molecule has 1 aliphatic rings. The molecule has 0 spiro atoms. The number of methoxy groups -OCH3 is 2. The molecule has 186 valence electrons. The molecule has 0 radical (unpaired) electrons. The van der Waals surface area contributed by atoms with E-state index >= 15 is 0 Å². The third-order valence-corrected chi connectivity index (χ3v) is 7.19. The highest BCUT2D eigenvalue weighted by atomic mass is 32.1. The lowest BCUT2D eigenvalue weighted by Gasteiger charge is -2.32. The molecule has 10 nitrogen and oxygen atoms in total. The maximum Gasteiger partial charge on any atom is 0.294 e. The van der Waals surface area contributed by atoms with Gasteiger partial charge in [0.2, 0.25) is 10.9 Å². The van der Waals surface area contributed by atoms with Crippen LogP contribution >= 0.6 is 11.3 Å². The van der Waals surface area contributed by atoms with E-state index in [2.05, 4.69) is 25.0 Å². The number of benzene rings is 1. The van der Waals surface area contributed by atoms with Gasteiger partial charge in [0.1, 0.15) is 22.8 Å². The third-order valence-electron chi connectivity index (χ3n) is 6.30. The minimum atomic E-state index is 0.359. The Morgan fingerprint density at radius 3 is 2.78 bits per heavy atom. The molecular formula is C25H26N6O4S. The number of imidazole rings is 1. The summed E-state index contributed by atoms with van der Waals surface area (Å²) < 4.78 is 24.9. The second-order valence-electron chi connectivity index (χ2n) is 8.90. The quantitative estimate of drug-likeness (QED) is 0.313. The van der Waals surface area contributed by atoms with Crippen molar-refractivity contribution in [1.82, 2.24) is 24.6 Å². The molecule has 4 aromatic heterocycles. The minimum absolute atomic E-state index is 0.359. The lowest BCUT2D eigenvalue weighted by atomic mass is 9.99. The largest absolute Gasteiger partial charge is 0.496 e. The number of hydrogen-bond donors (Lipinski definition) is 0. The van der Waals surface area contributed by atoms with E-state index in [0.29, 0.717) is 40.5 Å². The zero-order chi connectivity index (χ0) is 24.6. The Balaban J connectivity index is 1.23. The molecule has 5 heterocycles. The number of nitrogens with zero attached hydrogens (tertiary/aromatic N) is 6. The van der Waals surface area contributed by atoms with Crippen molar-refractivity contribution in [2.75, 3.05) is 38.8 Å². The van der Waals surface area contributed by atoms with Crippen LogP contribution in [0.4, 0.5) is 5.95 Å². The summed E-state index contributed by atoms with van der Waals surface area (Å²) in [4.78, 5) is 16.6. The summed E-state index contributed by atoms with van der Waals surface area (Å²) in [6, 6.07) is 5.73. The van der Waals surface area contributed by atoms with Gasteiger partial charge in [-0.05, 0) is 42.7 Å². The van der Waals surface area contributed by atoms with E-state index in [1.165, 1.54) is 11.3 Å². The van der Waals surface area contributed by atoms with Crippen LogP contribution < -0.4 is 19.1 Å². The summed E-state index contributed by atoms with van der Waals surface area (Å²) in [5.74, 6) is 3.18. The number of rotatable bonds is 7. The molecule has 1 saturated heterocycles. The van der Waals surface area contributed by atoms with Crippen molar-refractivity contribution < 1.29 is 18.6 Å². The number of ether oxygens (including phenoxy) is 3. The van der Waals surface area contributed by atoms with E-state index in [-0.39, 0.29) is 0 Å². The molecule has 1 aliphatic heterocycles. The van der Waals surface area contributed by atoms with Crippen molar-refractivity contribution in [2.45, 2.75) is 19.8 Å². The van der Waals surface area contributed by atoms with E-state index < -0.39 is 0 Å². The topological polar surface area (TPSA) is 100 Å². The van der Waals surface area contributed by atoms with Gasteiger partial charge in [0, 0.05) is 43.5 Å². The number of anilines is 1. The van der Waals surface area contributed by atoms with Crippen molar-refractivity contribution in [3.05, 3.63) is 42.4 Å². The molecule has 0 N–H and O–H groups in total. The van der Waals surface area contributed by atoms with Gasteiger partial charge < -0.3 is 23.5 Å². The minimum Gasteiger partial charge on any atom is -0.496 e. The first kappa shape index (κ1) is 22.6. The zero-order valence-electron chi connectivity index (χ0n) is 20.3. The van der Waals surface area contributed by atoms with Crippen LogP contribution in [-0.4, -0.2) is 58.5 Å². The van der Waals surface area contributed by atoms with Crippen molar-refractivity contribution in [1.29, 1.82) is 0 Å². The Morgan fingerprint density at radius 2 is 2.00 bits per heavy atom. The molecule has 0 aliphatic carbocycles. The summed E-state index contributed by atoms with van der Waals surface area (Å²) in [6.45, 7) is 4.39. The van der Waals surface area contributed by atoms with Crippen molar-refractivity contribution in [2.24, 2.45) is 5.92 Å². The Labute approximate surface area is 211 Å². The summed E-state index contributed by atoms with van der Waals surface area (Å²) in [5.41, 5.74) is 2.43. The van der Waals surface area contributed by atoms with Crippen LogP contribution in [0.25, 0.3) is 27.4 Å². The fourth-order valence-electron chi connectivity index (χ4n) is 4.47.